The SMILES string of the molecule is CCc1cccc2c1[nH]c1cc(NC(=O)c3cccs3)ccc12. The van der Waals surface area contributed by atoms with Crippen LogP contribution >= 0.6 is 11.3 Å². The number of aryl methyl sites for hydroxylation is 1. The van der Waals surface area contributed by atoms with Gasteiger partial charge in [0.2, 0.25) is 0 Å². The number of carbonyl (C=O) groups excluding carboxylic acids is 1. The van der Waals surface area contributed by atoms with Gasteiger partial charge in [0.05, 0.1) is 4.88 Å². The molecule has 0 fully saturated rings. The highest BCUT2D eigenvalue weighted by Gasteiger charge is 2.10. The fraction of sp³-hybridized carbons (Fsp3) is 0.105. The minimum Gasteiger partial charge on any atom is -0.354 e. The summed E-state index contributed by atoms with van der Waals surface area (Å²) in [5, 5.41) is 7.28. The molecule has 0 atom stereocenters. The molecular formula is C19H16N2OS. The van der Waals surface area contributed by atoms with E-state index in [0.717, 1.165) is 22.5 Å². The molecule has 0 unspecified atom stereocenters. The number of H-pyrrole nitrogens is 1. The normalized spacial score (nSPS) is 11.2. The van der Waals surface area contributed by atoms with Gasteiger partial charge in [-0.2, -0.15) is 0 Å². The summed E-state index contributed by atoms with van der Waals surface area (Å²) in [5.41, 5.74) is 4.35. The molecule has 4 aromatic rings. The van der Waals surface area contributed by atoms with Gasteiger partial charge >= 0.3 is 0 Å². The smallest absolute Gasteiger partial charge is 0.265 e. The highest BCUT2D eigenvalue weighted by atomic mass is 32.1. The third kappa shape index (κ3) is 2.41. The number of amides is 1. The lowest BCUT2D eigenvalue weighted by molar-refractivity contribution is 0.103. The lowest BCUT2D eigenvalue weighted by Crippen LogP contribution is -2.09. The maximum Gasteiger partial charge on any atom is 0.265 e. The molecule has 0 saturated carbocycles. The predicted molar refractivity (Wildman–Crippen MR) is 97.5 cm³/mol. The van der Waals surface area contributed by atoms with E-state index >= 15 is 0 Å². The van der Waals surface area contributed by atoms with Crippen molar-refractivity contribution in [3.8, 4) is 0 Å². The number of rotatable bonds is 3. The Morgan fingerprint density at radius 1 is 1.13 bits per heavy atom. The molecule has 0 radical (unpaired) electrons. The Labute approximate surface area is 138 Å². The third-order valence-electron chi connectivity index (χ3n) is 4.10. The number of aromatic amines is 1. The molecule has 0 aliphatic carbocycles. The molecule has 3 nitrogen and oxygen atoms in total. The monoisotopic (exact) mass is 320 g/mol. The van der Waals surface area contributed by atoms with Gasteiger partial charge in [0.15, 0.2) is 0 Å². The number of hydrogen-bond acceptors (Lipinski definition) is 2. The minimum absolute atomic E-state index is 0.0651. The fourth-order valence-electron chi connectivity index (χ4n) is 2.96. The molecule has 0 aliphatic heterocycles. The van der Waals surface area contributed by atoms with Crippen molar-refractivity contribution in [2.75, 3.05) is 5.32 Å². The zero-order valence-electron chi connectivity index (χ0n) is 12.7. The van der Waals surface area contributed by atoms with Crippen LogP contribution in [0.25, 0.3) is 21.8 Å². The lowest BCUT2D eigenvalue weighted by atomic mass is 10.1. The second-order valence-corrected chi connectivity index (χ2v) is 6.46. The fourth-order valence-corrected chi connectivity index (χ4v) is 3.58. The van der Waals surface area contributed by atoms with E-state index < -0.39 is 0 Å². The van der Waals surface area contributed by atoms with Gasteiger partial charge in [-0.05, 0) is 35.6 Å². The number of para-hydroxylation sites is 1. The number of hydrogen-bond donors (Lipinski definition) is 2. The Morgan fingerprint density at radius 2 is 2.04 bits per heavy atom. The zero-order valence-corrected chi connectivity index (χ0v) is 13.5. The summed E-state index contributed by atoms with van der Waals surface area (Å²) in [6.07, 6.45) is 0.992. The van der Waals surface area contributed by atoms with E-state index in [-0.39, 0.29) is 5.91 Å². The number of carbonyl (C=O) groups is 1. The molecule has 0 saturated heterocycles. The first-order valence-electron chi connectivity index (χ1n) is 7.64. The van der Waals surface area contributed by atoms with Crippen LogP contribution in [0.4, 0.5) is 5.69 Å². The minimum atomic E-state index is -0.0651. The van der Waals surface area contributed by atoms with Crippen LogP contribution in [-0.4, -0.2) is 10.9 Å². The molecule has 2 aromatic carbocycles. The largest absolute Gasteiger partial charge is 0.354 e. The van der Waals surface area contributed by atoms with Crippen LogP contribution in [0.3, 0.4) is 0 Å². The van der Waals surface area contributed by atoms with Crippen molar-refractivity contribution in [3.63, 3.8) is 0 Å². The highest BCUT2D eigenvalue weighted by Crippen LogP contribution is 2.30. The Kier molecular flexibility index (Phi) is 3.39. The summed E-state index contributed by atoms with van der Waals surface area (Å²) in [6.45, 7) is 2.16. The van der Waals surface area contributed by atoms with Gasteiger partial charge in [-0.1, -0.05) is 37.3 Å². The van der Waals surface area contributed by atoms with Crippen LogP contribution in [-0.2, 0) is 6.42 Å². The van der Waals surface area contributed by atoms with Gasteiger partial charge in [0.1, 0.15) is 0 Å². The van der Waals surface area contributed by atoms with Gasteiger partial charge in [-0.15, -0.1) is 11.3 Å². The summed E-state index contributed by atoms with van der Waals surface area (Å²) in [4.78, 5) is 16.4. The number of thiophene rings is 1. The molecular weight excluding hydrogens is 304 g/mol. The second kappa shape index (κ2) is 5.56. The van der Waals surface area contributed by atoms with Crippen LogP contribution in [0.5, 0.6) is 0 Å². The first kappa shape index (κ1) is 14.0. The highest BCUT2D eigenvalue weighted by molar-refractivity contribution is 7.12. The van der Waals surface area contributed by atoms with Crippen molar-refractivity contribution in [1.29, 1.82) is 0 Å². The van der Waals surface area contributed by atoms with E-state index in [2.05, 4.69) is 41.5 Å². The molecule has 2 aromatic heterocycles. The molecule has 4 heteroatoms. The number of fused-ring (bicyclic) bond motifs is 3. The average molecular weight is 320 g/mol. The number of nitrogens with one attached hydrogen (secondary N) is 2. The maximum atomic E-state index is 12.2. The van der Waals surface area contributed by atoms with E-state index in [0.29, 0.717) is 0 Å². The number of aromatic nitrogens is 1. The van der Waals surface area contributed by atoms with Crippen molar-refractivity contribution >= 4 is 44.7 Å². The molecule has 4 rings (SSSR count). The molecule has 2 heterocycles. The quantitative estimate of drug-likeness (QED) is 0.535. The van der Waals surface area contributed by atoms with Crippen LogP contribution in [0.15, 0.2) is 53.9 Å². The molecule has 114 valence electrons. The van der Waals surface area contributed by atoms with E-state index in [1.807, 2.05) is 29.6 Å². The Balaban J connectivity index is 1.76. The van der Waals surface area contributed by atoms with Crippen molar-refractivity contribution in [3.05, 3.63) is 64.4 Å². The first-order chi connectivity index (χ1) is 11.3. The molecule has 0 spiro atoms. The molecule has 0 bridgehead atoms. The summed E-state index contributed by atoms with van der Waals surface area (Å²) in [6, 6.07) is 16.1. The lowest BCUT2D eigenvalue weighted by Gasteiger charge is -2.03. The number of benzene rings is 2. The molecule has 0 aliphatic rings. The van der Waals surface area contributed by atoms with Crippen molar-refractivity contribution in [2.45, 2.75) is 13.3 Å². The Bertz CT molecular complexity index is 999. The van der Waals surface area contributed by atoms with E-state index in [9.17, 15) is 4.79 Å². The third-order valence-corrected chi connectivity index (χ3v) is 4.97. The van der Waals surface area contributed by atoms with E-state index in [1.54, 1.807) is 0 Å². The molecule has 2 N–H and O–H groups in total. The summed E-state index contributed by atoms with van der Waals surface area (Å²) >= 11 is 1.44. The van der Waals surface area contributed by atoms with E-state index in [1.165, 1.54) is 33.2 Å². The summed E-state index contributed by atoms with van der Waals surface area (Å²) < 4.78 is 0. The van der Waals surface area contributed by atoms with Crippen LogP contribution in [0.1, 0.15) is 22.2 Å². The molecule has 1 amide bonds. The van der Waals surface area contributed by atoms with E-state index in [4.69, 9.17) is 0 Å². The summed E-state index contributed by atoms with van der Waals surface area (Å²) in [5.74, 6) is -0.0651. The average Bonchev–Trinajstić information content (AvgIpc) is 3.21. The zero-order chi connectivity index (χ0) is 15.8. The van der Waals surface area contributed by atoms with Crippen LogP contribution < -0.4 is 5.32 Å². The first-order valence-corrected chi connectivity index (χ1v) is 8.52. The van der Waals surface area contributed by atoms with Crippen molar-refractivity contribution in [1.82, 2.24) is 4.98 Å². The van der Waals surface area contributed by atoms with Crippen LogP contribution in [0.2, 0.25) is 0 Å². The van der Waals surface area contributed by atoms with Gasteiger partial charge in [0, 0.05) is 27.5 Å². The van der Waals surface area contributed by atoms with Crippen molar-refractivity contribution < 1.29 is 4.79 Å². The van der Waals surface area contributed by atoms with Gasteiger partial charge in [0.25, 0.3) is 5.91 Å². The Morgan fingerprint density at radius 3 is 2.83 bits per heavy atom. The second-order valence-electron chi connectivity index (χ2n) is 5.51. The Hall–Kier alpha value is -2.59. The van der Waals surface area contributed by atoms with Crippen molar-refractivity contribution in [2.24, 2.45) is 0 Å². The maximum absolute atomic E-state index is 12.2. The summed E-state index contributed by atoms with van der Waals surface area (Å²) in [7, 11) is 0. The van der Waals surface area contributed by atoms with Gasteiger partial charge in [-0.3, -0.25) is 4.79 Å². The van der Waals surface area contributed by atoms with Gasteiger partial charge in [-0.25, -0.2) is 0 Å². The number of anilines is 1. The molecule has 23 heavy (non-hydrogen) atoms. The topological polar surface area (TPSA) is 44.9 Å². The predicted octanol–water partition coefficient (Wildman–Crippen LogP) is 5.20. The standard InChI is InChI=1S/C19H16N2OS/c1-2-12-5-3-6-15-14-9-8-13(11-16(14)21-18(12)15)20-19(22)17-7-4-10-23-17/h3-11,21H,2H2,1H3,(H,20,22). The van der Waals surface area contributed by atoms with Crippen LogP contribution in [0, 0.1) is 0 Å². The van der Waals surface area contributed by atoms with Gasteiger partial charge < -0.3 is 10.3 Å².